The molecule has 0 spiro atoms. The number of aliphatic hydroxyl groups is 1. The van der Waals surface area contributed by atoms with Gasteiger partial charge in [-0.2, -0.15) is 0 Å². The molecular formula is C14H28N2O2. The van der Waals surface area contributed by atoms with E-state index in [4.69, 9.17) is 0 Å². The Bertz CT molecular complexity index is 273. The first kappa shape index (κ1) is 15.4. The number of amides is 1. The minimum Gasteiger partial charge on any atom is -0.396 e. The molecule has 0 bridgehead atoms. The van der Waals surface area contributed by atoms with Gasteiger partial charge in [0.05, 0.1) is 6.04 Å². The van der Waals surface area contributed by atoms with E-state index in [9.17, 15) is 9.90 Å². The van der Waals surface area contributed by atoms with Gasteiger partial charge < -0.3 is 15.7 Å². The van der Waals surface area contributed by atoms with E-state index in [0.29, 0.717) is 5.92 Å². The predicted molar refractivity (Wildman–Crippen MR) is 73.3 cm³/mol. The molecule has 0 aromatic rings. The molecule has 3 atom stereocenters. The van der Waals surface area contributed by atoms with E-state index in [1.165, 1.54) is 12.8 Å². The van der Waals surface area contributed by atoms with Crippen molar-refractivity contribution in [3.8, 4) is 0 Å². The van der Waals surface area contributed by atoms with Crippen LogP contribution in [-0.2, 0) is 4.79 Å². The van der Waals surface area contributed by atoms with Gasteiger partial charge >= 0.3 is 0 Å². The Morgan fingerprint density at radius 1 is 1.33 bits per heavy atom. The summed E-state index contributed by atoms with van der Waals surface area (Å²) in [5.41, 5.74) is -0.198. The van der Waals surface area contributed by atoms with Crippen LogP contribution in [0.5, 0.6) is 0 Å². The Morgan fingerprint density at radius 3 is 2.50 bits per heavy atom. The van der Waals surface area contributed by atoms with E-state index in [1.807, 2.05) is 27.7 Å². The molecule has 106 valence electrons. The standard InChI is InChI=1S/C14H28N2O2/c1-10(13(18)16-14(2,3)4)15-12-8-6-5-7-11(12)9-17/h10-12,15,17H,5-9H2,1-4H3,(H,16,18). The number of carbonyl (C=O) groups excluding carboxylic acids is 1. The Labute approximate surface area is 111 Å². The number of aliphatic hydroxyl groups excluding tert-OH is 1. The molecule has 3 unspecified atom stereocenters. The fourth-order valence-corrected chi connectivity index (χ4v) is 2.52. The minimum absolute atomic E-state index is 0.0322. The van der Waals surface area contributed by atoms with Crippen LogP contribution in [0.4, 0.5) is 0 Å². The molecule has 4 nitrogen and oxygen atoms in total. The molecule has 0 aromatic heterocycles. The lowest BCUT2D eigenvalue weighted by Crippen LogP contribution is -2.54. The lowest BCUT2D eigenvalue weighted by atomic mass is 9.84. The van der Waals surface area contributed by atoms with Crippen LogP contribution in [0.15, 0.2) is 0 Å². The van der Waals surface area contributed by atoms with E-state index in [0.717, 1.165) is 12.8 Å². The molecule has 1 saturated carbocycles. The Kier molecular flexibility index (Phi) is 5.60. The third-order valence-electron chi connectivity index (χ3n) is 3.50. The van der Waals surface area contributed by atoms with Crippen molar-refractivity contribution in [1.29, 1.82) is 0 Å². The monoisotopic (exact) mass is 256 g/mol. The lowest BCUT2D eigenvalue weighted by Gasteiger charge is -2.33. The molecule has 1 aliphatic carbocycles. The first-order valence-corrected chi connectivity index (χ1v) is 7.02. The van der Waals surface area contributed by atoms with Crippen molar-refractivity contribution in [3.63, 3.8) is 0 Å². The second kappa shape index (κ2) is 6.53. The summed E-state index contributed by atoms with van der Waals surface area (Å²) in [4.78, 5) is 12.0. The second-order valence-electron chi connectivity index (χ2n) is 6.46. The Hall–Kier alpha value is -0.610. The normalized spacial score (nSPS) is 26.7. The number of hydrogen-bond acceptors (Lipinski definition) is 3. The van der Waals surface area contributed by atoms with Crippen molar-refractivity contribution in [2.24, 2.45) is 5.92 Å². The highest BCUT2D eigenvalue weighted by atomic mass is 16.3. The molecular weight excluding hydrogens is 228 g/mol. The highest BCUT2D eigenvalue weighted by Gasteiger charge is 2.28. The van der Waals surface area contributed by atoms with Crippen molar-refractivity contribution < 1.29 is 9.90 Å². The van der Waals surface area contributed by atoms with E-state index in [-0.39, 0.29) is 30.1 Å². The molecule has 1 fully saturated rings. The van der Waals surface area contributed by atoms with Gasteiger partial charge in [-0.05, 0) is 46.5 Å². The maximum absolute atomic E-state index is 12.0. The van der Waals surface area contributed by atoms with Gasteiger partial charge in [0.15, 0.2) is 0 Å². The molecule has 1 aliphatic rings. The average molecular weight is 256 g/mol. The molecule has 1 rings (SSSR count). The summed E-state index contributed by atoms with van der Waals surface area (Å²) < 4.78 is 0. The largest absolute Gasteiger partial charge is 0.396 e. The van der Waals surface area contributed by atoms with Gasteiger partial charge in [-0.1, -0.05) is 12.8 Å². The fraction of sp³-hybridized carbons (Fsp3) is 0.929. The second-order valence-corrected chi connectivity index (χ2v) is 6.46. The summed E-state index contributed by atoms with van der Waals surface area (Å²) >= 11 is 0. The van der Waals surface area contributed by atoms with Gasteiger partial charge in [0.2, 0.25) is 5.91 Å². The molecule has 0 aromatic carbocycles. The van der Waals surface area contributed by atoms with E-state index in [1.54, 1.807) is 0 Å². The maximum atomic E-state index is 12.0. The molecule has 4 heteroatoms. The Balaban J connectivity index is 2.47. The predicted octanol–water partition coefficient (Wildman–Crippen LogP) is 1.43. The number of nitrogens with one attached hydrogen (secondary N) is 2. The molecule has 0 heterocycles. The average Bonchev–Trinajstić information content (AvgIpc) is 2.27. The number of hydrogen-bond donors (Lipinski definition) is 3. The highest BCUT2D eigenvalue weighted by Crippen LogP contribution is 2.24. The molecule has 0 aliphatic heterocycles. The maximum Gasteiger partial charge on any atom is 0.237 e. The van der Waals surface area contributed by atoms with Gasteiger partial charge in [0.1, 0.15) is 0 Å². The highest BCUT2D eigenvalue weighted by molar-refractivity contribution is 5.81. The molecule has 1 amide bonds. The van der Waals surface area contributed by atoms with E-state index in [2.05, 4.69) is 10.6 Å². The van der Waals surface area contributed by atoms with Crippen LogP contribution >= 0.6 is 0 Å². The van der Waals surface area contributed by atoms with Crippen LogP contribution in [0.1, 0.15) is 53.4 Å². The minimum atomic E-state index is -0.207. The molecule has 0 radical (unpaired) electrons. The van der Waals surface area contributed by atoms with Crippen LogP contribution in [0, 0.1) is 5.92 Å². The van der Waals surface area contributed by atoms with Crippen molar-refractivity contribution >= 4 is 5.91 Å². The molecule has 18 heavy (non-hydrogen) atoms. The van der Waals surface area contributed by atoms with Gasteiger partial charge in [-0.25, -0.2) is 0 Å². The SMILES string of the molecule is CC(NC1CCCCC1CO)C(=O)NC(C)(C)C. The van der Waals surface area contributed by atoms with Crippen molar-refractivity contribution in [2.75, 3.05) is 6.61 Å². The van der Waals surface area contributed by atoms with Crippen LogP contribution in [0.2, 0.25) is 0 Å². The van der Waals surface area contributed by atoms with Crippen LogP contribution < -0.4 is 10.6 Å². The Morgan fingerprint density at radius 2 is 1.94 bits per heavy atom. The van der Waals surface area contributed by atoms with Crippen LogP contribution in [0.25, 0.3) is 0 Å². The van der Waals surface area contributed by atoms with Gasteiger partial charge in [0, 0.05) is 18.2 Å². The first-order valence-electron chi connectivity index (χ1n) is 7.02. The topological polar surface area (TPSA) is 61.4 Å². The zero-order valence-electron chi connectivity index (χ0n) is 12.1. The summed E-state index contributed by atoms with van der Waals surface area (Å²) in [5, 5.41) is 15.7. The summed E-state index contributed by atoms with van der Waals surface area (Å²) in [7, 11) is 0. The van der Waals surface area contributed by atoms with Crippen molar-refractivity contribution in [2.45, 2.75) is 71.0 Å². The van der Waals surface area contributed by atoms with E-state index < -0.39 is 0 Å². The zero-order chi connectivity index (χ0) is 13.8. The zero-order valence-corrected chi connectivity index (χ0v) is 12.1. The number of carbonyl (C=O) groups is 1. The van der Waals surface area contributed by atoms with Crippen LogP contribution in [-0.4, -0.2) is 35.2 Å². The summed E-state index contributed by atoms with van der Waals surface area (Å²) in [6, 6.07) is 0.0610. The molecule has 0 saturated heterocycles. The fourth-order valence-electron chi connectivity index (χ4n) is 2.52. The quantitative estimate of drug-likeness (QED) is 0.713. The van der Waals surface area contributed by atoms with Gasteiger partial charge in [-0.15, -0.1) is 0 Å². The summed E-state index contributed by atoms with van der Waals surface area (Å²) in [6.07, 6.45) is 4.48. The first-order chi connectivity index (χ1) is 8.33. The summed E-state index contributed by atoms with van der Waals surface area (Å²) in [6.45, 7) is 8.05. The lowest BCUT2D eigenvalue weighted by molar-refractivity contribution is -0.124. The third kappa shape index (κ3) is 4.94. The molecule has 3 N–H and O–H groups in total. The smallest absolute Gasteiger partial charge is 0.237 e. The third-order valence-corrected chi connectivity index (χ3v) is 3.50. The summed E-state index contributed by atoms with van der Waals surface area (Å²) in [5.74, 6) is 0.327. The number of rotatable bonds is 4. The van der Waals surface area contributed by atoms with Crippen molar-refractivity contribution in [1.82, 2.24) is 10.6 Å². The van der Waals surface area contributed by atoms with Gasteiger partial charge in [-0.3, -0.25) is 4.79 Å². The van der Waals surface area contributed by atoms with Crippen molar-refractivity contribution in [3.05, 3.63) is 0 Å². The van der Waals surface area contributed by atoms with Crippen LogP contribution in [0.3, 0.4) is 0 Å². The van der Waals surface area contributed by atoms with Gasteiger partial charge in [0.25, 0.3) is 0 Å². The van der Waals surface area contributed by atoms with E-state index >= 15 is 0 Å².